The molecule has 0 amide bonds. The van der Waals surface area contributed by atoms with E-state index in [1.807, 2.05) is 7.05 Å². The number of nitrogens with one attached hydrogen (secondary N) is 1. The Labute approximate surface area is 110 Å². The van der Waals surface area contributed by atoms with Crippen molar-refractivity contribution in [3.8, 4) is 0 Å². The van der Waals surface area contributed by atoms with Gasteiger partial charge in [-0.15, -0.1) is 5.10 Å². The molecule has 1 heterocycles. The van der Waals surface area contributed by atoms with Crippen LogP contribution in [-0.4, -0.2) is 22.0 Å². The van der Waals surface area contributed by atoms with Crippen molar-refractivity contribution in [1.29, 1.82) is 0 Å². The van der Waals surface area contributed by atoms with Gasteiger partial charge in [-0.1, -0.05) is 31.4 Å². The Balaban J connectivity index is 1.93. The zero-order chi connectivity index (χ0) is 12.8. The molecule has 1 aromatic heterocycles. The van der Waals surface area contributed by atoms with Gasteiger partial charge in [-0.25, -0.2) is 4.68 Å². The highest BCUT2D eigenvalue weighted by atomic mass is 15.4. The second-order valence-electron chi connectivity index (χ2n) is 5.44. The first kappa shape index (κ1) is 13.5. The maximum absolute atomic E-state index is 4.34. The van der Waals surface area contributed by atoms with Gasteiger partial charge in [-0.2, -0.15) is 0 Å². The van der Waals surface area contributed by atoms with Crippen molar-refractivity contribution in [3.05, 3.63) is 11.4 Å². The Morgan fingerprint density at radius 3 is 2.78 bits per heavy atom. The molecule has 0 spiro atoms. The van der Waals surface area contributed by atoms with E-state index < -0.39 is 0 Å². The number of hydrogen-bond acceptors (Lipinski definition) is 3. The summed E-state index contributed by atoms with van der Waals surface area (Å²) < 4.78 is 2.15. The van der Waals surface area contributed by atoms with Crippen LogP contribution in [0.5, 0.6) is 0 Å². The molecule has 0 atom stereocenters. The quantitative estimate of drug-likeness (QED) is 0.685. The fourth-order valence-electron chi connectivity index (χ4n) is 2.36. The van der Waals surface area contributed by atoms with Gasteiger partial charge in [0.1, 0.15) is 0 Å². The molecule has 1 N–H and O–H groups in total. The van der Waals surface area contributed by atoms with Crippen LogP contribution in [0.2, 0.25) is 0 Å². The first-order chi connectivity index (χ1) is 8.85. The van der Waals surface area contributed by atoms with E-state index in [1.54, 1.807) is 0 Å². The molecule has 4 heteroatoms. The molecule has 0 saturated heterocycles. The van der Waals surface area contributed by atoms with E-state index in [9.17, 15) is 0 Å². The predicted molar refractivity (Wildman–Crippen MR) is 73.4 cm³/mol. The Hall–Kier alpha value is -0.900. The van der Waals surface area contributed by atoms with Gasteiger partial charge in [0.2, 0.25) is 0 Å². The molecule has 18 heavy (non-hydrogen) atoms. The molecule has 1 fully saturated rings. The van der Waals surface area contributed by atoms with Crippen LogP contribution >= 0.6 is 0 Å². The number of aromatic nitrogens is 3. The molecule has 2 rings (SSSR count). The topological polar surface area (TPSA) is 42.7 Å². The normalized spacial score (nSPS) is 15.2. The molecule has 0 aliphatic heterocycles. The first-order valence-electron chi connectivity index (χ1n) is 7.41. The van der Waals surface area contributed by atoms with Crippen molar-refractivity contribution in [3.63, 3.8) is 0 Å². The molecule has 1 aliphatic carbocycles. The van der Waals surface area contributed by atoms with Crippen molar-refractivity contribution in [2.75, 3.05) is 7.05 Å². The fourth-order valence-corrected chi connectivity index (χ4v) is 2.36. The standard InChI is InChI=1S/C14H26N4/c1-3-4-5-6-9-18-14(10-12-7-8-12)13(11-15-2)16-17-18/h12,15H,3-11H2,1-2H3. The molecule has 0 bridgehead atoms. The lowest BCUT2D eigenvalue weighted by Crippen LogP contribution is -2.11. The van der Waals surface area contributed by atoms with Gasteiger partial charge in [0, 0.05) is 13.1 Å². The van der Waals surface area contributed by atoms with E-state index in [-0.39, 0.29) is 0 Å². The van der Waals surface area contributed by atoms with Crippen LogP contribution < -0.4 is 5.32 Å². The highest BCUT2D eigenvalue weighted by Crippen LogP contribution is 2.33. The number of unbranched alkanes of at least 4 members (excludes halogenated alkanes) is 3. The molecular weight excluding hydrogens is 224 g/mol. The Kier molecular flexibility index (Phi) is 5.17. The number of aryl methyl sites for hydroxylation is 1. The predicted octanol–water partition coefficient (Wildman–Crippen LogP) is 2.53. The van der Waals surface area contributed by atoms with E-state index in [4.69, 9.17) is 0 Å². The summed E-state index contributed by atoms with van der Waals surface area (Å²) in [5.41, 5.74) is 2.53. The minimum atomic E-state index is 0.844. The lowest BCUT2D eigenvalue weighted by atomic mass is 10.1. The highest BCUT2D eigenvalue weighted by molar-refractivity contribution is 5.12. The van der Waals surface area contributed by atoms with Gasteiger partial charge in [0.15, 0.2) is 0 Å². The molecule has 4 nitrogen and oxygen atoms in total. The Morgan fingerprint density at radius 1 is 1.28 bits per heavy atom. The Morgan fingerprint density at radius 2 is 2.11 bits per heavy atom. The van der Waals surface area contributed by atoms with Crippen LogP contribution in [0.15, 0.2) is 0 Å². The fraction of sp³-hybridized carbons (Fsp3) is 0.857. The lowest BCUT2D eigenvalue weighted by molar-refractivity contribution is 0.507. The summed E-state index contributed by atoms with van der Waals surface area (Å²) in [6.45, 7) is 4.13. The van der Waals surface area contributed by atoms with Gasteiger partial charge in [-0.05, 0) is 38.6 Å². The summed E-state index contributed by atoms with van der Waals surface area (Å²) in [6, 6.07) is 0. The second-order valence-corrected chi connectivity index (χ2v) is 5.44. The van der Waals surface area contributed by atoms with E-state index in [1.165, 1.54) is 50.6 Å². The minimum Gasteiger partial charge on any atom is -0.314 e. The third-order valence-electron chi connectivity index (χ3n) is 3.66. The molecule has 1 aromatic rings. The molecule has 0 aromatic carbocycles. The second kappa shape index (κ2) is 6.88. The van der Waals surface area contributed by atoms with Gasteiger partial charge in [0.05, 0.1) is 11.4 Å². The monoisotopic (exact) mass is 250 g/mol. The first-order valence-corrected chi connectivity index (χ1v) is 7.41. The van der Waals surface area contributed by atoms with Crippen molar-refractivity contribution in [1.82, 2.24) is 20.3 Å². The molecule has 102 valence electrons. The van der Waals surface area contributed by atoms with Crippen molar-refractivity contribution >= 4 is 0 Å². The zero-order valence-electron chi connectivity index (χ0n) is 11.8. The van der Waals surface area contributed by atoms with Crippen LogP contribution in [0.1, 0.15) is 56.8 Å². The summed E-state index contributed by atoms with van der Waals surface area (Å²) in [7, 11) is 1.97. The third-order valence-corrected chi connectivity index (χ3v) is 3.66. The van der Waals surface area contributed by atoms with Crippen LogP contribution in [0.25, 0.3) is 0 Å². The van der Waals surface area contributed by atoms with Gasteiger partial charge < -0.3 is 5.32 Å². The average Bonchev–Trinajstić information content (AvgIpc) is 3.11. The Bertz CT molecular complexity index is 355. The number of rotatable bonds is 9. The van der Waals surface area contributed by atoms with E-state index >= 15 is 0 Å². The minimum absolute atomic E-state index is 0.844. The molecule has 1 aliphatic rings. The van der Waals surface area contributed by atoms with Crippen molar-refractivity contribution < 1.29 is 0 Å². The molecule has 0 unspecified atom stereocenters. The highest BCUT2D eigenvalue weighted by Gasteiger charge is 2.25. The number of nitrogens with zero attached hydrogens (tertiary/aromatic N) is 3. The summed E-state index contributed by atoms with van der Waals surface area (Å²) in [6.07, 6.45) is 9.11. The van der Waals surface area contributed by atoms with Gasteiger partial charge >= 0.3 is 0 Å². The van der Waals surface area contributed by atoms with Crippen LogP contribution in [0, 0.1) is 5.92 Å². The summed E-state index contributed by atoms with van der Waals surface area (Å²) in [5, 5.41) is 11.9. The zero-order valence-corrected chi connectivity index (χ0v) is 11.8. The number of hydrogen-bond donors (Lipinski definition) is 1. The van der Waals surface area contributed by atoms with Crippen LogP contribution in [0.4, 0.5) is 0 Å². The summed E-state index contributed by atoms with van der Waals surface area (Å²) >= 11 is 0. The van der Waals surface area contributed by atoms with Crippen molar-refractivity contribution in [2.24, 2.45) is 5.92 Å². The maximum Gasteiger partial charge on any atom is 0.0996 e. The van der Waals surface area contributed by atoms with Gasteiger partial charge in [0.25, 0.3) is 0 Å². The molecule has 0 radical (unpaired) electrons. The molecular formula is C14H26N4. The van der Waals surface area contributed by atoms with Crippen LogP contribution in [-0.2, 0) is 19.5 Å². The van der Waals surface area contributed by atoms with E-state index in [2.05, 4.69) is 27.2 Å². The third kappa shape index (κ3) is 3.80. The molecule has 1 saturated carbocycles. The largest absolute Gasteiger partial charge is 0.314 e. The van der Waals surface area contributed by atoms with Gasteiger partial charge in [-0.3, -0.25) is 0 Å². The van der Waals surface area contributed by atoms with Crippen LogP contribution in [0.3, 0.4) is 0 Å². The van der Waals surface area contributed by atoms with Crippen molar-refractivity contribution in [2.45, 2.75) is 65.0 Å². The SMILES string of the molecule is CCCCCCn1nnc(CNC)c1CC1CC1. The van der Waals surface area contributed by atoms with E-state index in [0.29, 0.717) is 0 Å². The average molecular weight is 250 g/mol. The smallest absolute Gasteiger partial charge is 0.0996 e. The maximum atomic E-state index is 4.34. The van der Waals surface area contributed by atoms with E-state index in [0.717, 1.165) is 24.7 Å². The summed E-state index contributed by atoms with van der Waals surface area (Å²) in [4.78, 5) is 0. The lowest BCUT2D eigenvalue weighted by Gasteiger charge is -2.07. The summed E-state index contributed by atoms with van der Waals surface area (Å²) in [5.74, 6) is 0.897.